The molecule has 6 nitrogen and oxygen atoms in total. The number of carboxylic acid groups (broad SMARTS) is 1. The van der Waals surface area contributed by atoms with E-state index in [9.17, 15) is 19.4 Å². The predicted octanol–water partition coefficient (Wildman–Crippen LogP) is -0.507. The predicted molar refractivity (Wildman–Crippen MR) is 55.8 cm³/mol. The largest absolute Gasteiger partial charge is 0.478 e. The Bertz CT molecular complexity index is 437. The van der Waals surface area contributed by atoms with Crippen LogP contribution in [0.3, 0.4) is 0 Å². The second-order valence-corrected chi connectivity index (χ2v) is 3.46. The highest BCUT2D eigenvalue weighted by atomic mass is 19.1. The van der Waals surface area contributed by atoms with E-state index < -0.39 is 36.2 Å². The third-order valence-corrected chi connectivity index (χ3v) is 2.28. The maximum absolute atomic E-state index is 13.1. The topological polar surface area (TPSA) is 124 Å². The molecule has 0 saturated carbocycles. The molecule has 0 aliphatic carbocycles. The molecule has 0 radical (unpaired) electrons. The van der Waals surface area contributed by atoms with Gasteiger partial charge in [0.05, 0.1) is 17.9 Å². The van der Waals surface area contributed by atoms with Crippen LogP contribution in [0, 0.1) is 5.82 Å². The van der Waals surface area contributed by atoms with Crippen LogP contribution in [0.2, 0.25) is 0 Å². The summed E-state index contributed by atoms with van der Waals surface area (Å²) in [5.74, 6) is -2.36. The molecule has 17 heavy (non-hydrogen) atoms. The normalized spacial score (nSPS) is 14.4. The van der Waals surface area contributed by atoms with Gasteiger partial charge in [0.2, 0.25) is 0 Å². The number of rotatable bonds is 4. The Balaban J connectivity index is 3.29. The van der Waals surface area contributed by atoms with Crippen molar-refractivity contribution in [2.24, 2.45) is 0 Å². The Kier molecular flexibility index (Phi) is 4.00. The fraction of sp³-hybridized carbons (Fsp3) is 0.300. The first kappa shape index (κ1) is 13.4. The quantitative estimate of drug-likeness (QED) is 0.455. The molecule has 2 unspecified atom stereocenters. The molecule has 0 aliphatic rings. The van der Waals surface area contributed by atoms with Gasteiger partial charge in [0.1, 0.15) is 18.0 Å². The molecule has 0 aromatic heterocycles. The number of carbonyl (C=O) groups is 1. The molecule has 2 atom stereocenters. The summed E-state index contributed by atoms with van der Waals surface area (Å²) in [7, 11) is 0. The fourth-order valence-corrected chi connectivity index (χ4v) is 1.37. The second-order valence-electron chi connectivity index (χ2n) is 3.46. The highest BCUT2D eigenvalue weighted by Gasteiger charge is 2.23. The summed E-state index contributed by atoms with van der Waals surface area (Å²) >= 11 is 0. The van der Waals surface area contributed by atoms with Gasteiger partial charge in [-0.05, 0) is 12.1 Å². The number of anilines is 1. The third kappa shape index (κ3) is 2.70. The van der Waals surface area contributed by atoms with Crippen LogP contribution in [-0.4, -0.2) is 39.1 Å². The van der Waals surface area contributed by atoms with Crippen molar-refractivity contribution >= 4 is 11.7 Å². The van der Waals surface area contributed by atoms with Gasteiger partial charge in [-0.2, -0.15) is 0 Å². The Morgan fingerprint density at radius 3 is 2.47 bits per heavy atom. The number of aliphatic hydroxyl groups excluding tert-OH is 3. The minimum absolute atomic E-state index is 0.274. The summed E-state index contributed by atoms with van der Waals surface area (Å²) in [5.41, 5.74) is 4.31. The summed E-state index contributed by atoms with van der Waals surface area (Å²) in [4.78, 5) is 10.7. The van der Waals surface area contributed by atoms with E-state index in [1.165, 1.54) is 0 Å². The molecule has 0 fully saturated rings. The van der Waals surface area contributed by atoms with Crippen molar-refractivity contribution in [2.75, 3.05) is 12.3 Å². The van der Waals surface area contributed by atoms with Crippen molar-refractivity contribution in [2.45, 2.75) is 12.2 Å². The SMILES string of the molecule is Nc1c(C(=O)O)cc(F)cc1C(O)C(O)CO. The average Bonchev–Trinajstić information content (AvgIpc) is 2.29. The minimum atomic E-state index is -1.66. The maximum atomic E-state index is 13.1. The van der Waals surface area contributed by atoms with E-state index in [4.69, 9.17) is 15.9 Å². The average molecular weight is 245 g/mol. The zero-order valence-corrected chi connectivity index (χ0v) is 8.67. The maximum Gasteiger partial charge on any atom is 0.337 e. The zero-order valence-electron chi connectivity index (χ0n) is 8.67. The number of benzene rings is 1. The second kappa shape index (κ2) is 5.09. The van der Waals surface area contributed by atoms with E-state index in [1.54, 1.807) is 0 Å². The standard InChI is InChI=1S/C10H12FNO5/c11-4-1-5(9(15)7(14)3-13)8(12)6(2-4)10(16)17/h1-2,7,9,13-15H,3,12H2,(H,16,17). The molecule has 1 aromatic rings. The molecule has 7 heteroatoms. The lowest BCUT2D eigenvalue weighted by Crippen LogP contribution is -2.23. The molecule has 0 saturated heterocycles. The van der Waals surface area contributed by atoms with E-state index >= 15 is 0 Å². The Morgan fingerprint density at radius 1 is 1.41 bits per heavy atom. The van der Waals surface area contributed by atoms with Crippen molar-refractivity contribution in [1.29, 1.82) is 0 Å². The van der Waals surface area contributed by atoms with Crippen LogP contribution in [0.25, 0.3) is 0 Å². The van der Waals surface area contributed by atoms with Gasteiger partial charge in [0, 0.05) is 5.56 Å². The van der Waals surface area contributed by atoms with Crippen molar-refractivity contribution in [3.05, 3.63) is 29.1 Å². The van der Waals surface area contributed by atoms with Gasteiger partial charge in [-0.25, -0.2) is 9.18 Å². The Hall–Kier alpha value is -1.70. The summed E-state index contributed by atoms with van der Waals surface area (Å²) in [6, 6.07) is 1.52. The molecular weight excluding hydrogens is 233 g/mol. The number of carboxylic acids is 1. The van der Waals surface area contributed by atoms with E-state index in [1.807, 2.05) is 0 Å². The van der Waals surface area contributed by atoms with Crippen LogP contribution in [0.15, 0.2) is 12.1 Å². The van der Waals surface area contributed by atoms with Gasteiger partial charge >= 0.3 is 5.97 Å². The highest BCUT2D eigenvalue weighted by molar-refractivity contribution is 5.94. The van der Waals surface area contributed by atoms with Crippen LogP contribution in [-0.2, 0) is 0 Å². The van der Waals surface area contributed by atoms with Crippen molar-refractivity contribution < 1.29 is 29.6 Å². The molecule has 1 rings (SSSR count). The van der Waals surface area contributed by atoms with Crippen LogP contribution >= 0.6 is 0 Å². The molecule has 0 spiro atoms. The lowest BCUT2D eigenvalue weighted by atomic mass is 9.99. The minimum Gasteiger partial charge on any atom is -0.478 e. The molecular formula is C10H12FNO5. The molecule has 1 aromatic carbocycles. The first-order valence-electron chi connectivity index (χ1n) is 4.67. The fourth-order valence-electron chi connectivity index (χ4n) is 1.37. The Morgan fingerprint density at radius 2 is 2.00 bits per heavy atom. The number of nitrogen functional groups attached to an aromatic ring is 1. The molecule has 0 heterocycles. The first-order valence-corrected chi connectivity index (χ1v) is 4.67. The summed E-state index contributed by atoms with van der Waals surface area (Å²) < 4.78 is 13.1. The lowest BCUT2D eigenvalue weighted by Gasteiger charge is -2.18. The van der Waals surface area contributed by atoms with Gasteiger partial charge in [-0.15, -0.1) is 0 Å². The van der Waals surface area contributed by atoms with Crippen molar-refractivity contribution in [3.63, 3.8) is 0 Å². The monoisotopic (exact) mass is 245 g/mol. The summed E-state index contributed by atoms with van der Waals surface area (Å²) in [5, 5.41) is 36.1. The summed E-state index contributed by atoms with van der Waals surface area (Å²) in [6.45, 7) is -0.764. The van der Waals surface area contributed by atoms with Crippen LogP contribution in [0.5, 0.6) is 0 Å². The molecule has 94 valence electrons. The van der Waals surface area contributed by atoms with Crippen molar-refractivity contribution in [3.8, 4) is 0 Å². The number of halogens is 1. The molecule has 0 amide bonds. The number of nitrogens with two attached hydrogens (primary N) is 1. The lowest BCUT2D eigenvalue weighted by molar-refractivity contribution is -0.0150. The van der Waals surface area contributed by atoms with Crippen LogP contribution < -0.4 is 5.73 Å². The van der Waals surface area contributed by atoms with Crippen molar-refractivity contribution in [1.82, 2.24) is 0 Å². The number of hydrogen-bond acceptors (Lipinski definition) is 5. The van der Waals surface area contributed by atoms with E-state index in [0.717, 1.165) is 6.07 Å². The molecule has 6 N–H and O–H groups in total. The van der Waals surface area contributed by atoms with Gasteiger partial charge in [-0.3, -0.25) is 0 Å². The van der Waals surface area contributed by atoms with Crippen LogP contribution in [0.4, 0.5) is 10.1 Å². The van der Waals surface area contributed by atoms with Gasteiger partial charge in [0.25, 0.3) is 0 Å². The van der Waals surface area contributed by atoms with Gasteiger partial charge in [-0.1, -0.05) is 0 Å². The highest BCUT2D eigenvalue weighted by Crippen LogP contribution is 2.27. The van der Waals surface area contributed by atoms with E-state index in [0.29, 0.717) is 6.07 Å². The Labute approximate surface area is 95.7 Å². The van der Waals surface area contributed by atoms with Crippen LogP contribution in [0.1, 0.15) is 22.0 Å². The molecule has 0 aliphatic heterocycles. The smallest absolute Gasteiger partial charge is 0.337 e. The number of hydrogen-bond donors (Lipinski definition) is 5. The van der Waals surface area contributed by atoms with Gasteiger partial charge < -0.3 is 26.2 Å². The van der Waals surface area contributed by atoms with E-state index in [-0.39, 0.29) is 11.3 Å². The number of aliphatic hydroxyl groups is 3. The first-order chi connectivity index (χ1) is 7.88. The molecule has 0 bridgehead atoms. The van der Waals surface area contributed by atoms with Gasteiger partial charge in [0.15, 0.2) is 0 Å². The van der Waals surface area contributed by atoms with E-state index in [2.05, 4.69) is 0 Å². The number of aromatic carboxylic acids is 1. The third-order valence-electron chi connectivity index (χ3n) is 2.28. The zero-order chi connectivity index (χ0) is 13.2. The summed E-state index contributed by atoms with van der Waals surface area (Å²) in [6.07, 6.45) is -3.23.